The fraction of sp³-hybridized carbons (Fsp3) is 0.219. The normalized spacial score (nSPS) is 15.7. The number of benzene rings is 3. The molecule has 1 saturated heterocycles. The first-order valence-electron chi connectivity index (χ1n) is 13.8. The zero-order valence-electron chi connectivity index (χ0n) is 23.1. The van der Waals surface area contributed by atoms with Gasteiger partial charge >= 0.3 is 10.3 Å². The molecule has 3 heterocycles. The second kappa shape index (κ2) is 11.2. The van der Waals surface area contributed by atoms with Crippen LogP contribution >= 0.6 is 0 Å². The lowest BCUT2D eigenvalue weighted by Crippen LogP contribution is -2.47. The number of hydrogen-bond acceptors (Lipinski definition) is 6. The number of piperidine rings is 1. The summed E-state index contributed by atoms with van der Waals surface area (Å²) in [5.41, 5.74) is 2.62. The van der Waals surface area contributed by atoms with Crippen molar-refractivity contribution in [2.45, 2.75) is 24.8 Å². The van der Waals surface area contributed by atoms with E-state index in [2.05, 4.69) is 5.32 Å². The van der Waals surface area contributed by atoms with Crippen LogP contribution in [0.5, 0.6) is 0 Å². The van der Waals surface area contributed by atoms with Gasteiger partial charge in [0.15, 0.2) is 12.0 Å². The first-order chi connectivity index (χ1) is 20.7. The van der Waals surface area contributed by atoms with Crippen molar-refractivity contribution in [2.75, 3.05) is 23.9 Å². The summed E-state index contributed by atoms with van der Waals surface area (Å²) < 4.78 is 41.6. The molecule has 11 heteroatoms. The first-order valence-corrected chi connectivity index (χ1v) is 15.2. The van der Waals surface area contributed by atoms with E-state index in [4.69, 9.17) is 4.42 Å². The Labute approximate surface area is 248 Å². The Balaban J connectivity index is 1.20. The Hall–Kier alpha value is -4.74. The number of anilines is 1. The molecule has 2 aliphatic heterocycles. The van der Waals surface area contributed by atoms with Gasteiger partial charge in [0.1, 0.15) is 5.76 Å². The third-order valence-corrected chi connectivity index (χ3v) is 9.18. The summed E-state index contributed by atoms with van der Waals surface area (Å²) in [6, 6.07) is 24.6. The van der Waals surface area contributed by atoms with Crippen LogP contribution in [0.2, 0.25) is 0 Å². The minimum atomic E-state index is -4.54. The topological polar surface area (TPSA) is 137 Å². The second-order valence-electron chi connectivity index (χ2n) is 10.8. The van der Waals surface area contributed by atoms with Gasteiger partial charge in [-0.15, -0.1) is 0 Å². The second-order valence-corrected chi connectivity index (χ2v) is 12.2. The summed E-state index contributed by atoms with van der Waals surface area (Å²) in [7, 11) is -4.54. The molecule has 10 nitrogen and oxygen atoms in total. The molecule has 1 fully saturated rings. The maximum Gasteiger partial charge on any atom is 0.360 e. The Morgan fingerprint density at radius 2 is 1.67 bits per heavy atom. The van der Waals surface area contributed by atoms with Gasteiger partial charge in [-0.05, 0) is 48.2 Å². The predicted molar refractivity (Wildman–Crippen MR) is 159 cm³/mol. The van der Waals surface area contributed by atoms with Gasteiger partial charge in [0.2, 0.25) is 0 Å². The van der Waals surface area contributed by atoms with Crippen LogP contribution in [0, 0.1) is 0 Å². The lowest BCUT2D eigenvalue weighted by atomic mass is 9.74. The van der Waals surface area contributed by atoms with Crippen molar-refractivity contribution >= 4 is 34.1 Å². The van der Waals surface area contributed by atoms with Gasteiger partial charge < -0.3 is 14.6 Å². The molecule has 1 aromatic heterocycles. The largest absolute Gasteiger partial charge is 0.451 e. The van der Waals surface area contributed by atoms with Crippen LogP contribution in [-0.2, 0) is 22.3 Å². The molecule has 2 aliphatic rings. The number of carbonyl (C=O) groups is 3. The van der Waals surface area contributed by atoms with Gasteiger partial charge in [-0.2, -0.15) is 8.42 Å². The molecule has 3 aromatic carbocycles. The van der Waals surface area contributed by atoms with Crippen molar-refractivity contribution in [3.05, 3.63) is 113 Å². The van der Waals surface area contributed by atoms with Crippen molar-refractivity contribution < 1.29 is 31.8 Å². The number of nitrogens with one attached hydrogen (secondary N) is 1. The van der Waals surface area contributed by atoms with Crippen LogP contribution in [0.3, 0.4) is 0 Å². The molecule has 0 aliphatic carbocycles. The average molecular weight is 600 g/mol. The third-order valence-electron chi connectivity index (χ3n) is 8.29. The van der Waals surface area contributed by atoms with Gasteiger partial charge in [0.05, 0.1) is 5.69 Å². The maximum atomic E-state index is 13.3. The lowest BCUT2D eigenvalue weighted by molar-refractivity contribution is 0.0643. The van der Waals surface area contributed by atoms with E-state index >= 15 is 0 Å². The van der Waals surface area contributed by atoms with Crippen molar-refractivity contribution in [2.24, 2.45) is 0 Å². The minimum Gasteiger partial charge on any atom is -0.451 e. The SMILES string of the molecule is O=Cc1ccccc1C(=O)NCc1ccc2c(c1)C1(CCN(C(=O)c3ccc(-c4ccccc4)o3)CC1)CN2S(=O)(=O)O. The van der Waals surface area contributed by atoms with Crippen molar-refractivity contribution in [3.63, 3.8) is 0 Å². The van der Waals surface area contributed by atoms with Crippen LogP contribution in [0.15, 0.2) is 89.3 Å². The molecule has 0 unspecified atom stereocenters. The fourth-order valence-corrected chi connectivity index (χ4v) is 6.82. The van der Waals surface area contributed by atoms with E-state index in [1.54, 1.807) is 53.4 Å². The van der Waals surface area contributed by atoms with E-state index in [1.807, 2.05) is 36.4 Å². The molecule has 0 radical (unpaired) electrons. The van der Waals surface area contributed by atoms with E-state index in [1.165, 1.54) is 0 Å². The number of amides is 2. The summed E-state index contributed by atoms with van der Waals surface area (Å²) in [5.74, 6) is 0.183. The monoisotopic (exact) mass is 599 g/mol. The number of furan rings is 1. The highest BCUT2D eigenvalue weighted by Crippen LogP contribution is 2.48. The van der Waals surface area contributed by atoms with E-state index in [0.717, 1.165) is 21.0 Å². The number of aldehydes is 1. The van der Waals surface area contributed by atoms with Crippen LogP contribution < -0.4 is 9.62 Å². The third kappa shape index (κ3) is 5.44. The number of nitrogens with zero attached hydrogens (tertiary/aromatic N) is 2. The molecule has 43 heavy (non-hydrogen) atoms. The highest BCUT2D eigenvalue weighted by molar-refractivity contribution is 7.87. The number of likely N-dealkylation sites (tertiary alicyclic amines) is 1. The zero-order chi connectivity index (χ0) is 30.2. The van der Waals surface area contributed by atoms with Gasteiger partial charge in [-0.25, -0.2) is 4.31 Å². The molecule has 0 saturated carbocycles. The molecule has 4 aromatic rings. The summed E-state index contributed by atoms with van der Waals surface area (Å²) >= 11 is 0. The molecule has 220 valence electrons. The smallest absolute Gasteiger partial charge is 0.360 e. The number of fused-ring (bicyclic) bond motifs is 2. The Morgan fingerprint density at radius 3 is 2.40 bits per heavy atom. The number of hydrogen-bond donors (Lipinski definition) is 2. The predicted octanol–water partition coefficient (Wildman–Crippen LogP) is 4.49. The molecule has 0 bridgehead atoms. The Kier molecular flexibility index (Phi) is 7.37. The highest BCUT2D eigenvalue weighted by atomic mass is 32.2. The van der Waals surface area contributed by atoms with Crippen LogP contribution in [0.4, 0.5) is 5.69 Å². The molecular weight excluding hydrogens is 570 g/mol. The number of carbonyl (C=O) groups excluding carboxylic acids is 3. The molecular formula is C32H29N3O7S. The Morgan fingerprint density at radius 1 is 0.953 bits per heavy atom. The molecule has 2 N–H and O–H groups in total. The van der Waals surface area contributed by atoms with E-state index in [0.29, 0.717) is 43.7 Å². The van der Waals surface area contributed by atoms with E-state index in [-0.39, 0.29) is 35.9 Å². The molecule has 1 spiro atoms. The molecule has 0 atom stereocenters. The fourth-order valence-electron chi connectivity index (χ4n) is 6.00. The summed E-state index contributed by atoms with van der Waals surface area (Å²) in [6.07, 6.45) is 1.56. The van der Waals surface area contributed by atoms with Crippen molar-refractivity contribution in [3.8, 4) is 11.3 Å². The van der Waals surface area contributed by atoms with Crippen LogP contribution in [0.25, 0.3) is 11.3 Å². The first kappa shape index (κ1) is 28.4. The quantitative estimate of drug-likeness (QED) is 0.236. The summed E-state index contributed by atoms with van der Waals surface area (Å²) in [4.78, 5) is 39.1. The van der Waals surface area contributed by atoms with Crippen LogP contribution in [-0.4, -0.2) is 55.6 Å². The van der Waals surface area contributed by atoms with Crippen molar-refractivity contribution in [1.82, 2.24) is 10.2 Å². The molecule has 2 amide bonds. The summed E-state index contributed by atoms with van der Waals surface area (Å²) in [5, 5.41) is 2.83. The molecule has 6 rings (SSSR count). The van der Waals surface area contributed by atoms with E-state index in [9.17, 15) is 27.4 Å². The van der Waals surface area contributed by atoms with Gasteiger partial charge in [-0.1, -0.05) is 60.7 Å². The van der Waals surface area contributed by atoms with Gasteiger partial charge in [0.25, 0.3) is 11.8 Å². The van der Waals surface area contributed by atoms with Crippen LogP contribution in [0.1, 0.15) is 55.2 Å². The van der Waals surface area contributed by atoms with Crippen molar-refractivity contribution in [1.29, 1.82) is 0 Å². The summed E-state index contributed by atoms with van der Waals surface area (Å²) in [6.45, 7) is 0.920. The lowest BCUT2D eigenvalue weighted by Gasteiger charge is -2.39. The maximum absolute atomic E-state index is 13.3. The van der Waals surface area contributed by atoms with Gasteiger partial charge in [-0.3, -0.25) is 18.9 Å². The van der Waals surface area contributed by atoms with Gasteiger partial charge in [0, 0.05) is 48.3 Å². The highest BCUT2D eigenvalue weighted by Gasteiger charge is 2.48. The zero-order valence-corrected chi connectivity index (χ0v) is 23.9. The average Bonchev–Trinajstić information content (AvgIpc) is 3.64. The number of rotatable bonds is 7. The standard InChI is InChI=1S/C32H29N3O7S/c36-20-24-8-4-5-9-25(24)30(37)33-19-22-10-11-27-26(18-22)32(21-35(27)43(39,40)41)14-16-34(17-15-32)31(38)29-13-12-28(42-29)23-6-2-1-3-7-23/h1-13,18,20H,14-17,19,21H2,(H,33,37)(H,39,40,41). The Bertz CT molecular complexity index is 1810. The minimum absolute atomic E-state index is 0.0463. The van der Waals surface area contributed by atoms with E-state index < -0.39 is 21.6 Å².